The van der Waals surface area contributed by atoms with E-state index >= 15 is 0 Å². The molecule has 2 N–H and O–H groups in total. The summed E-state index contributed by atoms with van der Waals surface area (Å²) in [6.45, 7) is 6.44. The van der Waals surface area contributed by atoms with E-state index in [1.54, 1.807) is 11.3 Å². The lowest BCUT2D eigenvalue weighted by atomic mass is 10.4. The predicted molar refractivity (Wildman–Crippen MR) is 104 cm³/mol. The van der Waals surface area contributed by atoms with Gasteiger partial charge >= 0.3 is 0 Å². The molecule has 0 unspecified atom stereocenters. The lowest BCUT2D eigenvalue weighted by molar-refractivity contribution is 0.807. The predicted octanol–water partition coefficient (Wildman–Crippen LogP) is 2.85. The van der Waals surface area contributed by atoms with Crippen LogP contribution in [-0.2, 0) is 6.54 Å². The molecule has 0 atom stereocenters. The molecule has 0 aromatic carbocycles. The summed E-state index contributed by atoms with van der Waals surface area (Å²) in [5.74, 6) is 0.844. The van der Waals surface area contributed by atoms with Crippen LogP contribution in [-0.4, -0.2) is 38.1 Å². The van der Waals surface area contributed by atoms with Crippen LogP contribution >= 0.6 is 35.3 Å². The summed E-state index contributed by atoms with van der Waals surface area (Å²) >= 11 is 1.64. The molecule has 7 heteroatoms. The summed E-state index contributed by atoms with van der Waals surface area (Å²) in [4.78, 5) is 11.1. The number of anilines is 1. The van der Waals surface area contributed by atoms with Crippen molar-refractivity contribution in [2.75, 3.05) is 32.1 Å². The molecule has 5 nitrogen and oxygen atoms in total. The number of halogens is 1. The highest BCUT2D eigenvalue weighted by Crippen LogP contribution is 2.18. The van der Waals surface area contributed by atoms with Crippen LogP contribution in [0.25, 0.3) is 0 Å². The highest BCUT2D eigenvalue weighted by molar-refractivity contribution is 14.0. The number of rotatable bonds is 7. The Hall–Kier alpha value is -0.830. The van der Waals surface area contributed by atoms with Crippen molar-refractivity contribution in [3.05, 3.63) is 23.2 Å². The van der Waals surface area contributed by atoms with Crippen molar-refractivity contribution in [1.82, 2.24) is 15.6 Å². The first-order chi connectivity index (χ1) is 9.67. The van der Waals surface area contributed by atoms with Crippen LogP contribution in [0.4, 0.5) is 5.13 Å². The van der Waals surface area contributed by atoms with E-state index in [4.69, 9.17) is 0 Å². The summed E-state index contributed by atoms with van der Waals surface area (Å²) in [7, 11) is 4.00. The fraction of sp³-hybridized carbons (Fsp3) is 0.571. The largest absolute Gasteiger partial charge is 0.357 e. The van der Waals surface area contributed by atoms with Gasteiger partial charge < -0.3 is 15.5 Å². The van der Waals surface area contributed by atoms with Crippen LogP contribution in [0.1, 0.15) is 26.0 Å². The van der Waals surface area contributed by atoms with Gasteiger partial charge in [0.05, 0.1) is 12.2 Å². The van der Waals surface area contributed by atoms with E-state index < -0.39 is 0 Å². The van der Waals surface area contributed by atoms with Gasteiger partial charge in [-0.15, -0.1) is 35.3 Å². The Kier molecular flexibility index (Phi) is 11.3. The van der Waals surface area contributed by atoms with Crippen LogP contribution < -0.4 is 15.5 Å². The van der Waals surface area contributed by atoms with E-state index in [1.165, 1.54) is 0 Å². The van der Waals surface area contributed by atoms with Crippen molar-refractivity contribution < 1.29 is 0 Å². The van der Waals surface area contributed by atoms with Gasteiger partial charge in [-0.05, 0) is 20.3 Å². The maximum absolute atomic E-state index is 4.55. The van der Waals surface area contributed by atoms with Crippen molar-refractivity contribution in [2.24, 2.45) is 4.99 Å². The summed E-state index contributed by atoms with van der Waals surface area (Å²) < 4.78 is 0. The normalized spacial score (nSPS) is 11.3. The van der Waals surface area contributed by atoms with Crippen LogP contribution in [0.15, 0.2) is 22.5 Å². The van der Waals surface area contributed by atoms with Gasteiger partial charge in [0, 0.05) is 32.6 Å². The van der Waals surface area contributed by atoms with Crippen LogP contribution in [0.2, 0.25) is 0 Å². The average Bonchev–Trinajstić information content (AvgIpc) is 2.90. The second-order valence-corrected chi connectivity index (χ2v) is 5.33. The molecule has 21 heavy (non-hydrogen) atoms. The molecule has 0 amide bonds. The third kappa shape index (κ3) is 8.25. The third-order valence-electron chi connectivity index (χ3n) is 2.50. The van der Waals surface area contributed by atoms with Gasteiger partial charge in [-0.1, -0.05) is 12.2 Å². The maximum Gasteiger partial charge on any atom is 0.191 e. The minimum atomic E-state index is 0. The van der Waals surface area contributed by atoms with Gasteiger partial charge in [0.15, 0.2) is 11.1 Å². The van der Waals surface area contributed by atoms with Crippen molar-refractivity contribution in [2.45, 2.75) is 26.8 Å². The Balaban J connectivity index is 0.00000400. The highest BCUT2D eigenvalue weighted by atomic mass is 127. The number of aliphatic imine (C=N–C) groups is 1. The molecule has 0 spiro atoms. The highest BCUT2D eigenvalue weighted by Gasteiger charge is 2.03. The Morgan fingerprint density at radius 1 is 1.43 bits per heavy atom. The zero-order valence-corrected chi connectivity index (χ0v) is 16.4. The molecule has 0 bridgehead atoms. The van der Waals surface area contributed by atoms with Crippen molar-refractivity contribution in [1.29, 1.82) is 0 Å². The first-order valence-electron chi connectivity index (χ1n) is 6.92. The smallest absolute Gasteiger partial charge is 0.191 e. The van der Waals surface area contributed by atoms with Gasteiger partial charge in [-0.25, -0.2) is 9.98 Å². The Labute approximate surface area is 149 Å². The summed E-state index contributed by atoms with van der Waals surface area (Å²) in [6, 6.07) is 0. The number of nitrogens with one attached hydrogen (secondary N) is 2. The minimum absolute atomic E-state index is 0. The molecule has 0 aliphatic carbocycles. The quantitative estimate of drug-likeness (QED) is 0.233. The van der Waals surface area contributed by atoms with Crippen LogP contribution in [0.3, 0.4) is 0 Å². The summed E-state index contributed by atoms with van der Waals surface area (Å²) in [5.41, 5.74) is 1.00. The van der Waals surface area contributed by atoms with Gasteiger partial charge in [-0.2, -0.15) is 0 Å². The first kappa shape index (κ1) is 20.2. The molecule has 0 aliphatic heterocycles. The molecule has 0 fully saturated rings. The van der Waals surface area contributed by atoms with Gasteiger partial charge in [0.2, 0.25) is 0 Å². The molecule has 0 saturated carbocycles. The van der Waals surface area contributed by atoms with E-state index in [9.17, 15) is 0 Å². The van der Waals surface area contributed by atoms with Gasteiger partial charge in [-0.3, -0.25) is 0 Å². The Bertz CT molecular complexity index is 442. The fourth-order valence-electron chi connectivity index (χ4n) is 1.52. The molecular weight excluding hydrogens is 397 g/mol. The summed E-state index contributed by atoms with van der Waals surface area (Å²) in [5, 5.41) is 9.62. The molecule has 0 radical (unpaired) electrons. The molecule has 120 valence electrons. The molecular formula is C14H26IN5S. The Morgan fingerprint density at radius 3 is 2.76 bits per heavy atom. The van der Waals surface area contributed by atoms with Crippen LogP contribution in [0.5, 0.6) is 0 Å². The zero-order chi connectivity index (χ0) is 14.8. The standard InChI is InChI=1S/C14H25N5S.HI/c1-5-7-8-9-16-13(15-6-2)17-10-12-11-20-14(18-12)19(3)4;/h5,7,11H,6,8-10H2,1-4H3,(H2,15,16,17);1H. The van der Waals surface area contributed by atoms with Crippen molar-refractivity contribution in [3.63, 3.8) is 0 Å². The molecule has 1 aromatic rings. The maximum atomic E-state index is 4.55. The molecule has 1 rings (SSSR count). The first-order valence-corrected chi connectivity index (χ1v) is 7.80. The monoisotopic (exact) mass is 423 g/mol. The zero-order valence-electron chi connectivity index (χ0n) is 13.2. The number of allylic oxidation sites excluding steroid dienone is 1. The number of thiazole rings is 1. The lowest BCUT2D eigenvalue weighted by Crippen LogP contribution is -2.37. The SMILES string of the molecule is CC=CCCNC(=NCc1csc(N(C)C)n1)NCC.I. The molecule has 1 aromatic heterocycles. The van der Waals surface area contributed by atoms with Crippen molar-refractivity contribution >= 4 is 46.4 Å². The minimum Gasteiger partial charge on any atom is -0.357 e. The molecule has 1 heterocycles. The number of aromatic nitrogens is 1. The topological polar surface area (TPSA) is 52.6 Å². The van der Waals surface area contributed by atoms with E-state index in [-0.39, 0.29) is 24.0 Å². The fourth-order valence-corrected chi connectivity index (χ4v) is 2.27. The number of hydrogen-bond donors (Lipinski definition) is 2. The summed E-state index contributed by atoms with van der Waals surface area (Å²) in [6.07, 6.45) is 5.20. The van der Waals surface area contributed by atoms with Crippen molar-refractivity contribution in [3.8, 4) is 0 Å². The number of guanidine groups is 1. The van der Waals surface area contributed by atoms with E-state index in [0.717, 1.165) is 36.3 Å². The van der Waals surface area contributed by atoms with E-state index in [1.807, 2.05) is 25.9 Å². The Morgan fingerprint density at radius 2 is 2.19 bits per heavy atom. The lowest BCUT2D eigenvalue weighted by Gasteiger charge is -2.09. The third-order valence-corrected chi connectivity index (χ3v) is 3.56. The average molecular weight is 423 g/mol. The second-order valence-electron chi connectivity index (χ2n) is 4.50. The van der Waals surface area contributed by atoms with Gasteiger partial charge in [0.1, 0.15) is 0 Å². The second kappa shape index (κ2) is 11.8. The van der Waals surface area contributed by atoms with Gasteiger partial charge in [0.25, 0.3) is 0 Å². The van der Waals surface area contributed by atoms with E-state index in [2.05, 4.69) is 45.1 Å². The number of nitrogens with zero attached hydrogens (tertiary/aromatic N) is 3. The van der Waals surface area contributed by atoms with Crippen LogP contribution in [0, 0.1) is 0 Å². The number of hydrogen-bond acceptors (Lipinski definition) is 4. The van der Waals surface area contributed by atoms with E-state index in [0.29, 0.717) is 6.54 Å². The molecule has 0 saturated heterocycles. The molecule has 0 aliphatic rings.